The van der Waals surface area contributed by atoms with Gasteiger partial charge in [0.05, 0.1) is 5.56 Å². The molecule has 2 aromatic carbocycles. The van der Waals surface area contributed by atoms with Crippen LogP contribution in [0.4, 0.5) is 13.2 Å². The Morgan fingerprint density at radius 3 is 2.32 bits per heavy atom. The molecular formula is C15H12ClF3. The third kappa shape index (κ3) is 2.76. The lowest BCUT2D eigenvalue weighted by atomic mass is 9.96. The van der Waals surface area contributed by atoms with Crippen molar-refractivity contribution in [3.05, 3.63) is 58.1 Å². The summed E-state index contributed by atoms with van der Waals surface area (Å²) in [6.45, 7) is 3.25. The molecule has 19 heavy (non-hydrogen) atoms. The first-order chi connectivity index (χ1) is 8.80. The van der Waals surface area contributed by atoms with Gasteiger partial charge in [-0.25, -0.2) is 0 Å². The topological polar surface area (TPSA) is 0 Å². The Hall–Kier alpha value is -1.48. The molecule has 0 N–H and O–H groups in total. The minimum absolute atomic E-state index is 0.218. The number of rotatable bonds is 1. The first-order valence-electron chi connectivity index (χ1n) is 5.74. The van der Waals surface area contributed by atoms with Crippen LogP contribution in [0.2, 0.25) is 5.02 Å². The predicted octanol–water partition coefficient (Wildman–Crippen LogP) is 5.64. The molecule has 0 radical (unpaired) electrons. The Kier molecular flexibility index (Phi) is 3.59. The quantitative estimate of drug-likeness (QED) is 0.635. The average molecular weight is 285 g/mol. The summed E-state index contributed by atoms with van der Waals surface area (Å²) in [6.07, 6.45) is -4.34. The summed E-state index contributed by atoms with van der Waals surface area (Å²) >= 11 is 6.00. The second-order valence-electron chi connectivity index (χ2n) is 4.44. The van der Waals surface area contributed by atoms with Gasteiger partial charge in [0, 0.05) is 5.02 Å². The van der Waals surface area contributed by atoms with E-state index in [1.54, 1.807) is 31.2 Å². The molecule has 2 aromatic rings. The zero-order valence-electron chi connectivity index (χ0n) is 10.5. The highest BCUT2D eigenvalue weighted by molar-refractivity contribution is 6.31. The number of hydrogen-bond acceptors (Lipinski definition) is 0. The molecule has 0 aliphatic rings. The molecule has 0 spiro atoms. The minimum atomic E-state index is -4.34. The summed E-state index contributed by atoms with van der Waals surface area (Å²) in [4.78, 5) is 0. The maximum absolute atomic E-state index is 12.9. The van der Waals surface area contributed by atoms with Crippen LogP contribution in [0.15, 0.2) is 36.4 Å². The van der Waals surface area contributed by atoms with Gasteiger partial charge in [0.25, 0.3) is 0 Å². The van der Waals surface area contributed by atoms with Crippen molar-refractivity contribution in [1.29, 1.82) is 0 Å². The van der Waals surface area contributed by atoms with Crippen molar-refractivity contribution in [3.63, 3.8) is 0 Å². The van der Waals surface area contributed by atoms with Gasteiger partial charge in [0.2, 0.25) is 0 Å². The average Bonchev–Trinajstić information content (AvgIpc) is 2.32. The smallest absolute Gasteiger partial charge is 0.166 e. The summed E-state index contributed by atoms with van der Waals surface area (Å²) < 4.78 is 38.7. The maximum Gasteiger partial charge on any atom is 0.416 e. The van der Waals surface area contributed by atoms with Crippen molar-refractivity contribution in [1.82, 2.24) is 0 Å². The Morgan fingerprint density at radius 1 is 1.00 bits per heavy atom. The number of hydrogen-bond donors (Lipinski definition) is 0. The van der Waals surface area contributed by atoms with E-state index in [0.717, 1.165) is 11.1 Å². The highest BCUT2D eigenvalue weighted by atomic mass is 35.5. The fourth-order valence-electron chi connectivity index (χ4n) is 2.02. The molecule has 0 nitrogen and oxygen atoms in total. The van der Waals surface area contributed by atoms with Crippen molar-refractivity contribution >= 4 is 11.6 Å². The van der Waals surface area contributed by atoms with Crippen molar-refractivity contribution in [2.45, 2.75) is 20.0 Å². The zero-order valence-corrected chi connectivity index (χ0v) is 11.2. The lowest BCUT2D eigenvalue weighted by molar-refractivity contribution is -0.138. The number of alkyl halides is 3. The fraction of sp³-hybridized carbons (Fsp3) is 0.200. The molecule has 0 fully saturated rings. The van der Waals surface area contributed by atoms with E-state index in [2.05, 4.69) is 0 Å². The molecule has 0 aromatic heterocycles. The first kappa shape index (κ1) is 13.9. The Labute approximate surface area is 114 Å². The molecule has 100 valence electrons. The van der Waals surface area contributed by atoms with Crippen LogP contribution in [-0.4, -0.2) is 0 Å². The second kappa shape index (κ2) is 4.89. The monoisotopic (exact) mass is 284 g/mol. The molecule has 0 saturated carbocycles. The van der Waals surface area contributed by atoms with E-state index in [9.17, 15) is 13.2 Å². The van der Waals surface area contributed by atoms with Crippen LogP contribution < -0.4 is 0 Å². The van der Waals surface area contributed by atoms with Gasteiger partial charge in [0.1, 0.15) is 0 Å². The summed E-state index contributed by atoms with van der Waals surface area (Å²) in [5, 5.41) is 0.548. The summed E-state index contributed by atoms with van der Waals surface area (Å²) in [5.74, 6) is 0. The lowest BCUT2D eigenvalue weighted by Gasteiger charge is -2.13. The largest absolute Gasteiger partial charge is 0.416 e. The van der Waals surface area contributed by atoms with Crippen molar-refractivity contribution in [2.24, 2.45) is 0 Å². The molecule has 0 heterocycles. The Bertz CT molecular complexity index is 615. The predicted molar refractivity (Wildman–Crippen MR) is 71.4 cm³/mol. The van der Waals surface area contributed by atoms with Gasteiger partial charge in [-0.2, -0.15) is 13.2 Å². The molecular weight excluding hydrogens is 273 g/mol. The second-order valence-corrected chi connectivity index (χ2v) is 4.85. The molecule has 0 bridgehead atoms. The van der Waals surface area contributed by atoms with Crippen molar-refractivity contribution < 1.29 is 13.2 Å². The third-order valence-corrected chi connectivity index (χ3v) is 3.53. The van der Waals surface area contributed by atoms with E-state index in [-0.39, 0.29) is 5.56 Å². The van der Waals surface area contributed by atoms with E-state index in [0.29, 0.717) is 10.6 Å². The number of benzene rings is 2. The highest BCUT2D eigenvalue weighted by Crippen LogP contribution is 2.36. The van der Waals surface area contributed by atoms with E-state index >= 15 is 0 Å². The SMILES string of the molecule is Cc1ccc(-c2cccc(Cl)c2C)cc1C(F)(F)F. The normalized spacial score (nSPS) is 11.7. The maximum atomic E-state index is 12.9. The summed E-state index contributed by atoms with van der Waals surface area (Å²) in [7, 11) is 0. The van der Waals surface area contributed by atoms with Gasteiger partial charge in [-0.1, -0.05) is 35.9 Å². The fourth-order valence-corrected chi connectivity index (χ4v) is 2.19. The molecule has 0 aliphatic carbocycles. The third-order valence-electron chi connectivity index (χ3n) is 3.12. The van der Waals surface area contributed by atoms with E-state index in [1.165, 1.54) is 19.1 Å². The molecule has 4 heteroatoms. The van der Waals surface area contributed by atoms with Crippen LogP contribution in [-0.2, 0) is 6.18 Å². The number of aryl methyl sites for hydroxylation is 1. The van der Waals surface area contributed by atoms with Gasteiger partial charge < -0.3 is 0 Å². The van der Waals surface area contributed by atoms with Gasteiger partial charge in [-0.05, 0) is 48.2 Å². The highest BCUT2D eigenvalue weighted by Gasteiger charge is 2.32. The molecule has 0 saturated heterocycles. The van der Waals surface area contributed by atoms with Gasteiger partial charge in [0.15, 0.2) is 0 Å². The molecule has 0 unspecified atom stereocenters. The Morgan fingerprint density at radius 2 is 1.68 bits per heavy atom. The van der Waals surface area contributed by atoms with Crippen LogP contribution in [0.3, 0.4) is 0 Å². The Balaban J connectivity index is 2.62. The van der Waals surface area contributed by atoms with Crippen molar-refractivity contribution in [2.75, 3.05) is 0 Å². The van der Waals surface area contributed by atoms with Crippen LogP contribution >= 0.6 is 11.6 Å². The van der Waals surface area contributed by atoms with Crippen LogP contribution in [0.5, 0.6) is 0 Å². The summed E-state index contributed by atoms with van der Waals surface area (Å²) in [5.41, 5.74) is 1.64. The van der Waals surface area contributed by atoms with E-state index in [4.69, 9.17) is 11.6 Å². The molecule has 2 rings (SSSR count). The van der Waals surface area contributed by atoms with E-state index in [1.807, 2.05) is 0 Å². The molecule has 0 aliphatic heterocycles. The molecule has 0 atom stereocenters. The van der Waals surface area contributed by atoms with Crippen LogP contribution in [0, 0.1) is 13.8 Å². The molecule has 0 amide bonds. The summed E-state index contributed by atoms with van der Waals surface area (Å²) in [6, 6.07) is 9.57. The van der Waals surface area contributed by atoms with E-state index < -0.39 is 11.7 Å². The first-order valence-corrected chi connectivity index (χ1v) is 6.12. The van der Waals surface area contributed by atoms with Gasteiger partial charge >= 0.3 is 6.18 Å². The lowest BCUT2D eigenvalue weighted by Crippen LogP contribution is -2.07. The van der Waals surface area contributed by atoms with Crippen LogP contribution in [0.1, 0.15) is 16.7 Å². The van der Waals surface area contributed by atoms with Gasteiger partial charge in [-0.15, -0.1) is 0 Å². The van der Waals surface area contributed by atoms with Gasteiger partial charge in [-0.3, -0.25) is 0 Å². The zero-order chi connectivity index (χ0) is 14.2. The van der Waals surface area contributed by atoms with Crippen LogP contribution in [0.25, 0.3) is 11.1 Å². The minimum Gasteiger partial charge on any atom is -0.166 e. The standard InChI is InChI=1S/C15H12ClF3/c1-9-6-7-11(8-13(9)15(17,18)19)12-4-3-5-14(16)10(12)2/h3-8H,1-2H3. The number of halogens is 4. The van der Waals surface area contributed by atoms with Crippen molar-refractivity contribution in [3.8, 4) is 11.1 Å².